The second-order valence-electron chi connectivity index (χ2n) is 7.88. The van der Waals surface area contributed by atoms with Crippen LogP contribution in [0.2, 0.25) is 45.3 Å². The van der Waals surface area contributed by atoms with Gasteiger partial charge in [-0.1, -0.05) is 45.0 Å². The Balaban J connectivity index is 0.000000427. The second-order valence-corrected chi connectivity index (χ2v) is 18.4. The first kappa shape index (κ1) is 22.1. The predicted octanol–water partition coefficient (Wildman–Crippen LogP) is 4.63. The molecule has 128 valence electrons. The second kappa shape index (κ2) is 9.43. The molecule has 0 heterocycles. The van der Waals surface area contributed by atoms with E-state index in [1.807, 2.05) is 24.3 Å². The summed E-state index contributed by atoms with van der Waals surface area (Å²) in [7, 11) is -2.25. The molecule has 23 heavy (non-hydrogen) atoms. The average molecular weight is 387 g/mol. The smallest absolute Gasteiger partial charge is 0.350 e. The van der Waals surface area contributed by atoms with Crippen LogP contribution in [0.4, 0.5) is 5.69 Å². The Kier molecular flexibility index (Phi) is 9.07. The van der Waals surface area contributed by atoms with Gasteiger partial charge < -0.3 is 5.32 Å². The van der Waals surface area contributed by atoms with Gasteiger partial charge in [-0.15, -0.1) is 6.07 Å². The number of carbonyl (C=O) groups excluding carboxylic acids is 1. The Morgan fingerprint density at radius 2 is 1.57 bits per heavy atom. The molecule has 0 aliphatic rings. The maximum absolute atomic E-state index is 11.4. The minimum atomic E-state index is -1.27. The normalized spacial score (nSPS) is 11.0. The molecule has 0 aliphatic carbocycles. The number of amides is 1. The molecule has 1 amide bonds. The maximum Gasteiger partial charge on any atom is 2.00 e. The molecular weight excluding hydrogens is 358 g/mol. The molecule has 2 aromatic rings. The van der Waals surface area contributed by atoms with Gasteiger partial charge in [0.25, 0.3) is 0 Å². The van der Waals surface area contributed by atoms with Crippen molar-refractivity contribution in [1.82, 2.24) is 0 Å². The fourth-order valence-corrected chi connectivity index (χ4v) is 4.26. The van der Waals surface area contributed by atoms with Gasteiger partial charge in [0, 0.05) is 6.04 Å². The summed E-state index contributed by atoms with van der Waals surface area (Å²) in [5.41, 5.74) is 0.906. The number of hydrogen-bond donors (Lipinski definition) is 1. The van der Waals surface area contributed by atoms with E-state index in [9.17, 15) is 4.79 Å². The third kappa shape index (κ3) is 9.77. The quantitative estimate of drug-likeness (QED) is 0.601. The fourth-order valence-electron chi connectivity index (χ4n) is 2.02. The molecule has 0 bridgehead atoms. The fraction of sp³-hybridized carbons (Fsp3) is 0.389. The molecule has 0 fully saturated rings. The zero-order chi connectivity index (χ0) is 16.8. The molecule has 0 spiro atoms. The van der Waals surface area contributed by atoms with Crippen molar-refractivity contribution >= 4 is 32.9 Å². The van der Waals surface area contributed by atoms with Crippen molar-refractivity contribution in [2.75, 3.05) is 5.32 Å². The summed E-state index contributed by atoms with van der Waals surface area (Å²) >= 11 is 0. The van der Waals surface area contributed by atoms with E-state index in [0.717, 1.165) is 5.69 Å². The molecule has 0 saturated heterocycles. The number of anilines is 1. The van der Waals surface area contributed by atoms with E-state index in [1.165, 1.54) is 0 Å². The van der Waals surface area contributed by atoms with Crippen molar-refractivity contribution in [2.24, 2.45) is 0 Å². The van der Waals surface area contributed by atoms with Crippen LogP contribution in [-0.2, 0) is 21.9 Å². The molecule has 2 aromatic carbocycles. The van der Waals surface area contributed by atoms with Crippen LogP contribution in [0, 0.1) is 0 Å². The Morgan fingerprint density at radius 3 is 1.91 bits per heavy atom. The molecule has 1 N–H and O–H groups in total. The first-order valence-corrected chi connectivity index (χ1v) is 15.0. The summed E-state index contributed by atoms with van der Waals surface area (Å²) < 4.78 is 0. The molecule has 0 unspecified atom stereocenters. The summed E-state index contributed by atoms with van der Waals surface area (Å²) in [6.07, 6.45) is 0. The average Bonchev–Trinajstić information content (AvgIpc) is 2.97. The number of hydrogen-bond acceptors (Lipinski definition) is 1. The zero-order valence-corrected chi connectivity index (χ0v) is 18.2. The van der Waals surface area contributed by atoms with Gasteiger partial charge in [0.05, 0.1) is 16.1 Å². The van der Waals surface area contributed by atoms with Gasteiger partial charge in [0.1, 0.15) is 0 Å². The third-order valence-corrected chi connectivity index (χ3v) is 6.61. The van der Waals surface area contributed by atoms with Crippen LogP contribution in [0.25, 0.3) is 0 Å². The van der Waals surface area contributed by atoms with Gasteiger partial charge in [-0.25, -0.2) is 18.2 Å². The molecule has 0 aliphatic heterocycles. The van der Waals surface area contributed by atoms with Crippen LogP contribution in [-0.4, -0.2) is 22.1 Å². The number of nitrogens with one attached hydrogen (secondary N) is 1. The third-order valence-electron chi connectivity index (χ3n) is 3.17. The van der Waals surface area contributed by atoms with Gasteiger partial charge in [0.2, 0.25) is 5.91 Å². The van der Waals surface area contributed by atoms with Crippen molar-refractivity contribution in [3.05, 3.63) is 48.5 Å². The molecule has 2 rings (SSSR count). The monoisotopic (exact) mass is 387 g/mol. The minimum absolute atomic E-state index is 0. The van der Waals surface area contributed by atoms with Crippen LogP contribution in [0.15, 0.2) is 48.5 Å². The predicted molar refractivity (Wildman–Crippen MR) is 104 cm³/mol. The van der Waals surface area contributed by atoms with Crippen LogP contribution in [0.5, 0.6) is 0 Å². The molecule has 0 radical (unpaired) electrons. The minimum Gasteiger partial charge on any atom is -0.350 e. The molecular formula is C18H29FeNOSi2. The number of carbonyl (C=O) groups is 1. The molecule has 2 nitrogen and oxygen atoms in total. The first-order chi connectivity index (χ1) is 10.1. The van der Waals surface area contributed by atoms with Crippen molar-refractivity contribution in [2.45, 2.75) is 45.3 Å². The summed E-state index contributed by atoms with van der Waals surface area (Å²) in [6.45, 7) is 13.7. The maximum atomic E-state index is 11.4. The Hall–Kier alpha value is -0.877. The van der Waals surface area contributed by atoms with E-state index in [0.29, 0.717) is 6.04 Å². The van der Waals surface area contributed by atoms with E-state index < -0.39 is 16.1 Å². The van der Waals surface area contributed by atoms with E-state index >= 15 is 0 Å². The van der Waals surface area contributed by atoms with Crippen LogP contribution < -0.4 is 10.5 Å². The van der Waals surface area contributed by atoms with Gasteiger partial charge in [0.15, 0.2) is 0 Å². The first-order valence-electron chi connectivity index (χ1n) is 7.82. The van der Waals surface area contributed by atoms with E-state index in [2.05, 4.69) is 68.9 Å². The Labute approximate surface area is 153 Å². The van der Waals surface area contributed by atoms with E-state index in [4.69, 9.17) is 0 Å². The number of rotatable bonds is 4. The van der Waals surface area contributed by atoms with Crippen molar-refractivity contribution in [3.8, 4) is 0 Å². The molecule has 0 aromatic heterocycles. The van der Waals surface area contributed by atoms with Crippen molar-refractivity contribution in [1.29, 1.82) is 0 Å². The van der Waals surface area contributed by atoms with Crippen LogP contribution in [0.1, 0.15) is 0 Å². The SMILES string of the molecule is C[Si](C)(C)CC(=O)Nc1ccc[cH-]1.C[Si](C)(C)c1ccc[cH-]1.[Fe+2]. The Morgan fingerprint density at radius 1 is 1.00 bits per heavy atom. The standard InChI is InChI=1S/C10H16NOSi.C8H13Si.Fe/c1-13(2,3)8-10(12)11-9-6-4-5-7-9;1-9(2,3)8-6-4-5-7-8;/h4-7H,8H2,1-3H3,(H,11,12);4-7H,1-3H3;/q2*-1;+2. The van der Waals surface area contributed by atoms with Gasteiger partial charge in [-0.05, 0) is 0 Å². The Bertz CT molecular complexity index is 549. The molecule has 0 saturated carbocycles. The summed E-state index contributed by atoms with van der Waals surface area (Å²) in [6, 6.07) is 17.0. The van der Waals surface area contributed by atoms with Crippen molar-refractivity contribution in [3.63, 3.8) is 0 Å². The summed E-state index contributed by atoms with van der Waals surface area (Å²) in [5, 5.41) is 4.43. The largest absolute Gasteiger partial charge is 2.00 e. The van der Waals surface area contributed by atoms with Crippen LogP contribution >= 0.6 is 0 Å². The van der Waals surface area contributed by atoms with E-state index in [1.54, 1.807) is 5.19 Å². The van der Waals surface area contributed by atoms with Gasteiger partial charge >= 0.3 is 17.1 Å². The zero-order valence-electron chi connectivity index (χ0n) is 15.1. The van der Waals surface area contributed by atoms with Crippen molar-refractivity contribution < 1.29 is 21.9 Å². The van der Waals surface area contributed by atoms with E-state index in [-0.39, 0.29) is 23.0 Å². The summed E-state index contributed by atoms with van der Waals surface area (Å²) in [4.78, 5) is 11.4. The topological polar surface area (TPSA) is 29.1 Å². The summed E-state index contributed by atoms with van der Waals surface area (Å²) in [5.74, 6) is 0.144. The van der Waals surface area contributed by atoms with Gasteiger partial charge in [-0.3, -0.25) is 4.79 Å². The van der Waals surface area contributed by atoms with Crippen LogP contribution in [0.3, 0.4) is 0 Å². The molecule has 0 atom stereocenters. The van der Waals surface area contributed by atoms with Gasteiger partial charge in [-0.2, -0.15) is 29.5 Å². The molecule has 5 heteroatoms.